The molecular formula is C12H24N2O. The van der Waals surface area contributed by atoms with Crippen LogP contribution in [0.4, 0.5) is 0 Å². The topological polar surface area (TPSA) is 23.6 Å². The Morgan fingerprint density at radius 2 is 2.00 bits per heavy atom. The van der Waals surface area contributed by atoms with Crippen molar-refractivity contribution in [3.63, 3.8) is 0 Å². The van der Waals surface area contributed by atoms with Crippen molar-refractivity contribution in [1.82, 2.24) is 9.80 Å². The lowest BCUT2D eigenvalue weighted by molar-refractivity contribution is -0.138. The largest absolute Gasteiger partial charge is 0.342 e. The van der Waals surface area contributed by atoms with Gasteiger partial charge in [0.15, 0.2) is 0 Å². The third-order valence-electron chi connectivity index (χ3n) is 3.20. The standard InChI is InChI=1S/C12H24N2O/c1-10(2)11-8-14(9-11)12(15)6-5-7-13(3)4/h10-11H,5-9H2,1-4H3. The molecule has 1 aliphatic heterocycles. The van der Waals surface area contributed by atoms with E-state index in [1.165, 1.54) is 0 Å². The molecule has 0 aromatic carbocycles. The Balaban J connectivity index is 2.10. The van der Waals surface area contributed by atoms with Crippen LogP contribution in [0.2, 0.25) is 0 Å². The molecule has 88 valence electrons. The van der Waals surface area contributed by atoms with Gasteiger partial charge in [-0.15, -0.1) is 0 Å². The first-order chi connectivity index (χ1) is 7.00. The lowest BCUT2D eigenvalue weighted by Gasteiger charge is -2.41. The maximum atomic E-state index is 11.7. The predicted octanol–water partition coefficient (Wildman–Crippen LogP) is 1.44. The third kappa shape index (κ3) is 3.82. The minimum absolute atomic E-state index is 0.341. The monoisotopic (exact) mass is 212 g/mol. The Hall–Kier alpha value is -0.570. The Morgan fingerprint density at radius 1 is 1.40 bits per heavy atom. The van der Waals surface area contributed by atoms with Crippen molar-refractivity contribution in [3.8, 4) is 0 Å². The van der Waals surface area contributed by atoms with Gasteiger partial charge in [-0.1, -0.05) is 13.8 Å². The zero-order valence-electron chi connectivity index (χ0n) is 10.5. The number of carbonyl (C=O) groups is 1. The van der Waals surface area contributed by atoms with Crippen LogP contribution in [-0.4, -0.2) is 49.4 Å². The van der Waals surface area contributed by atoms with Gasteiger partial charge in [-0.3, -0.25) is 4.79 Å². The maximum absolute atomic E-state index is 11.7. The average Bonchev–Trinajstić information content (AvgIpc) is 1.99. The molecule has 0 saturated carbocycles. The molecule has 0 atom stereocenters. The molecule has 1 heterocycles. The van der Waals surface area contributed by atoms with Crippen molar-refractivity contribution in [2.45, 2.75) is 26.7 Å². The summed E-state index contributed by atoms with van der Waals surface area (Å²) < 4.78 is 0. The van der Waals surface area contributed by atoms with Gasteiger partial charge < -0.3 is 9.80 Å². The quantitative estimate of drug-likeness (QED) is 0.688. The van der Waals surface area contributed by atoms with E-state index in [4.69, 9.17) is 0 Å². The molecule has 3 nitrogen and oxygen atoms in total. The number of hydrogen-bond acceptors (Lipinski definition) is 2. The molecule has 1 fully saturated rings. The minimum Gasteiger partial charge on any atom is -0.342 e. The molecule has 1 amide bonds. The van der Waals surface area contributed by atoms with Crippen LogP contribution in [0.5, 0.6) is 0 Å². The van der Waals surface area contributed by atoms with E-state index in [2.05, 4.69) is 18.7 Å². The van der Waals surface area contributed by atoms with Crippen LogP contribution in [0.15, 0.2) is 0 Å². The van der Waals surface area contributed by atoms with Gasteiger partial charge in [-0.05, 0) is 38.9 Å². The van der Waals surface area contributed by atoms with Crippen molar-refractivity contribution in [3.05, 3.63) is 0 Å². The Kier molecular flexibility index (Phi) is 4.58. The summed E-state index contributed by atoms with van der Waals surface area (Å²) >= 11 is 0. The number of amides is 1. The SMILES string of the molecule is CC(C)C1CN(C(=O)CCCN(C)C)C1. The van der Waals surface area contributed by atoms with E-state index < -0.39 is 0 Å². The maximum Gasteiger partial charge on any atom is 0.222 e. The molecule has 0 aliphatic carbocycles. The van der Waals surface area contributed by atoms with Crippen LogP contribution < -0.4 is 0 Å². The van der Waals surface area contributed by atoms with Crippen LogP contribution in [0.3, 0.4) is 0 Å². The summed E-state index contributed by atoms with van der Waals surface area (Å²) in [5.41, 5.74) is 0. The van der Waals surface area contributed by atoms with Crippen molar-refractivity contribution in [2.24, 2.45) is 11.8 Å². The minimum atomic E-state index is 0.341. The summed E-state index contributed by atoms with van der Waals surface area (Å²) in [6.45, 7) is 7.45. The summed E-state index contributed by atoms with van der Waals surface area (Å²) in [6.07, 6.45) is 1.69. The first-order valence-electron chi connectivity index (χ1n) is 5.93. The van der Waals surface area contributed by atoms with Crippen LogP contribution in [-0.2, 0) is 4.79 Å². The second kappa shape index (κ2) is 5.50. The van der Waals surface area contributed by atoms with E-state index >= 15 is 0 Å². The summed E-state index contributed by atoms with van der Waals surface area (Å²) in [5.74, 6) is 1.80. The lowest BCUT2D eigenvalue weighted by Crippen LogP contribution is -2.51. The van der Waals surface area contributed by atoms with Crippen molar-refractivity contribution >= 4 is 5.91 Å². The lowest BCUT2D eigenvalue weighted by atomic mass is 9.88. The van der Waals surface area contributed by atoms with Gasteiger partial charge in [0.25, 0.3) is 0 Å². The highest BCUT2D eigenvalue weighted by Crippen LogP contribution is 2.23. The smallest absolute Gasteiger partial charge is 0.222 e. The fourth-order valence-corrected chi connectivity index (χ4v) is 1.84. The molecule has 0 unspecified atom stereocenters. The zero-order valence-corrected chi connectivity index (χ0v) is 10.5. The summed E-state index contributed by atoms with van der Waals surface area (Å²) in [6, 6.07) is 0. The van der Waals surface area contributed by atoms with Gasteiger partial charge in [-0.2, -0.15) is 0 Å². The van der Waals surface area contributed by atoms with Crippen molar-refractivity contribution in [1.29, 1.82) is 0 Å². The predicted molar refractivity (Wildman–Crippen MR) is 62.7 cm³/mol. The summed E-state index contributed by atoms with van der Waals surface area (Å²) in [4.78, 5) is 15.8. The van der Waals surface area contributed by atoms with Gasteiger partial charge in [0.2, 0.25) is 5.91 Å². The first kappa shape index (κ1) is 12.5. The second-order valence-electron chi connectivity index (χ2n) is 5.21. The molecule has 1 saturated heterocycles. The summed E-state index contributed by atoms with van der Waals surface area (Å²) in [5, 5.41) is 0. The van der Waals surface area contributed by atoms with E-state index in [1.807, 2.05) is 19.0 Å². The third-order valence-corrected chi connectivity index (χ3v) is 3.20. The molecule has 0 spiro atoms. The molecule has 0 bridgehead atoms. The molecule has 3 heteroatoms. The van der Waals surface area contributed by atoms with Gasteiger partial charge in [0, 0.05) is 19.5 Å². The molecule has 0 aromatic rings. The Bertz CT molecular complexity index is 208. The molecule has 0 N–H and O–H groups in total. The molecule has 1 aliphatic rings. The number of carbonyl (C=O) groups excluding carboxylic acids is 1. The second-order valence-corrected chi connectivity index (χ2v) is 5.21. The zero-order chi connectivity index (χ0) is 11.4. The van der Waals surface area contributed by atoms with Crippen LogP contribution in [0, 0.1) is 11.8 Å². The number of rotatable bonds is 5. The number of hydrogen-bond donors (Lipinski definition) is 0. The van der Waals surface area contributed by atoms with Gasteiger partial charge in [0.05, 0.1) is 0 Å². The number of likely N-dealkylation sites (tertiary alicyclic amines) is 1. The van der Waals surface area contributed by atoms with Crippen LogP contribution in [0.1, 0.15) is 26.7 Å². The molecule has 15 heavy (non-hydrogen) atoms. The van der Waals surface area contributed by atoms with Gasteiger partial charge >= 0.3 is 0 Å². The Labute approximate surface area is 93.4 Å². The fraction of sp³-hybridized carbons (Fsp3) is 0.917. The Morgan fingerprint density at radius 3 is 2.47 bits per heavy atom. The first-order valence-corrected chi connectivity index (χ1v) is 5.93. The van der Waals surface area contributed by atoms with Gasteiger partial charge in [-0.25, -0.2) is 0 Å². The summed E-state index contributed by atoms with van der Waals surface area (Å²) in [7, 11) is 4.09. The molecule has 1 rings (SSSR count). The van der Waals surface area contributed by atoms with Crippen molar-refractivity contribution < 1.29 is 4.79 Å². The fourth-order valence-electron chi connectivity index (χ4n) is 1.84. The highest BCUT2D eigenvalue weighted by Gasteiger charge is 2.31. The van der Waals surface area contributed by atoms with E-state index in [0.29, 0.717) is 12.3 Å². The molecule has 0 aromatic heterocycles. The van der Waals surface area contributed by atoms with Crippen LogP contribution in [0.25, 0.3) is 0 Å². The highest BCUT2D eigenvalue weighted by atomic mass is 16.2. The van der Waals surface area contributed by atoms with E-state index in [9.17, 15) is 4.79 Å². The molecular weight excluding hydrogens is 188 g/mol. The van der Waals surface area contributed by atoms with E-state index in [1.54, 1.807) is 0 Å². The van der Waals surface area contributed by atoms with E-state index in [-0.39, 0.29) is 0 Å². The normalized spacial score (nSPS) is 17.3. The molecule has 0 radical (unpaired) electrons. The van der Waals surface area contributed by atoms with Gasteiger partial charge in [0.1, 0.15) is 0 Å². The van der Waals surface area contributed by atoms with E-state index in [0.717, 1.165) is 37.9 Å². The highest BCUT2D eigenvalue weighted by molar-refractivity contribution is 5.76. The van der Waals surface area contributed by atoms with Crippen LogP contribution >= 0.6 is 0 Å². The van der Waals surface area contributed by atoms with Crippen molar-refractivity contribution in [2.75, 3.05) is 33.7 Å². The average molecular weight is 212 g/mol. The number of nitrogens with zero attached hydrogens (tertiary/aromatic N) is 2.